The highest BCUT2D eigenvalue weighted by Crippen LogP contribution is 2.34. The van der Waals surface area contributed by atoms with Crippen LogP contribution in [0.1, 0.15) is 46.0 Å². The van der Waals surface area contributed by atoms with Crippen LogP contribution < -0.4 is 5.32 Å². The van der Waals surface area contributed by atoms with Crippen LogP contribution in [0.5, 0.6) is 0 Å². The first-order chi connectivity index (χ1) is 9.13. The van der Waals surface area contributed by atoms with E-state index in [0.29, 0.717) is 25.2 Å². The maximum absolute atomic E-state index is 9.39. The summed E-state index contributed by atoms with van der Waals surface area (Å²) in [7, 11) is 0. The average Bonchev–Trinajstić information content (AvgIpc) is 3.09. The molecule has 108 valence electrons. The fourth-order valence-electron chi connectivity index (χ4n) is 2.62. The lowest BCUT2D eigenvalue weighted by Gasteiger charge is -2.22. The Labute approximate surface area is 116 Å². The Balaban J connectivity index is 1.62. The summed E-state index contributed by atoms with van der Waals surface area (Å²) in [6.07, 6.45) is 5.38. The van der Waals surface area contributed by atoms with Crippen LogP contribution in [0, 0.1) is 17.2 Å². The van der Waals surface area contributed by atoms with Crippen LogP contribution in [0.25, 0.3) is 0 Å². The molecule has 1 N–H and O–H groups in total. The fraction of sp³-hybridized carbons (Fsp3) is 0.933. The van der Waals surface area contributed by atoms with Crippen LogP contribution in [0.4, 0.5) is 0 Å². The highest BCUT2D eigenvalue weighted by molar-refractivity contribution is 5.14. The molecule has 2 fully saturated rings. The number of hydrogen-bond acceptors (Lipinski definition) is 4. The molecule has 0 amide bonds. The summed E-state index contributed by atoms with van der Waals surface area (Å²) in [6.45, 7) is 6.37. The lowest BCUT2D eigenvalue weighted by atomic mass is 9.99. The second-order valence-electron chi connectivity index (χ2n) is 6.32. The van der Waals surface area contributed by atoms with Crippen LogP contribution in [0.15, 0.2) is 0 Å². The largest absolute Gasteiger partial charge is 0.379 e. The maximum Gasteiger partial charge on any atom is 0.109 e. The Morgan fingerprint density at radius 1 is 1.32 bits per heavy atom. The van der Waals surface area contributed by atoms with Gasteiger partial charge in [-0.25, -0.2) is 0 Å². The van der Waals surface area contributed by atoms with Gasteiger partial charge in [-0.3, -0.25) is 5.32 Å². The van der Waals surface area contributed by atoms with Crippen molar-refractivity contribution in [1.29, 1.82) is 5.26 Å². The van der Waals surface area contributed by atoms with Crippen molar-refractivity contribution in [3.63, 3.8) is 0 Å². The minimum Gasteiger partial charge on any atom is -0.379 e. The highest BCUT2D eigenvalue weighted by atomic mass is 16.5. The predicted octanol–water partition coefficient (Wildman–Crippen LogP) is 2.24. The smallest absolute Gasteiger partial charge is 0.109 e. The number of nitrogens with zero attached hydrogens (tertiary/aromatic N) is 1. The van der Waals surface area contributed by atoms with E-state index in [2.05, 4.69) is 25.2 Å². The van der Waals surface area contributed by atoms with E-state index >= 15 is 0 Å². The molecule has 2 aliphatic rings. The van der Waals surface area contributed by atoms with Crippen molar-refractivity contribution in [3.8, 4) is 6.07 Å². The third-order valence-corrected chi connectivity index (χ3v) is 3.77. The Kier molecular flexibility index (Phi) is 5.20. The SMILES string of the molecule is CC(C)COCCOC1CCC(C#N)(NC2CC2)C1. The van der Waals surface area contributed by atoms with Crippen LogP contribution >= 0.6 is 0 Å². The van der Waals surface area contributed by atoms with Crippen molar-refractivity contribution >= 4 is 0 Å². The summed E-state index contributed by atoms with van der Waals surface area (Å²) in [5.74, 6) is 0.570. The van der Waals surface area contributed by atoms with E-state index < -0.39 is 0 Å². The van der Waals surface area contributed by atoms with Gasteiger partial charge in [-0.05, 0) is 31.6 Å². The standard InChI is InChI=1S/C15H26N2O2/c1-12(2)10-18-7-8-19-14-5-6-15(9-14,11-16)17-13-3-4-13/h12-14,17H,3-10H2,1-2H3. The van der Waals surface area contributed by atoms with Gasteiger partial charge in [-0.15, -0.1) is 0 Å². The van der Waals surface area contributed by atoms with Crippen molar-refractivity contribution in [3.05, 3.63) is 0 Å². The van der Waals surface area contributed by atoms with Crippen molar-refractivity contribution in [2.24, 2.45) is 5.92 Å². The summed E-state index contributed by atoms with van der Waals surface area (Å²) < 4.78 is 11.3. The van der Waals surface area contributed by atoms with Crippen LogP contribution in [0.2, 0.25) is 0 Å². The van der Waals surface area contributed by atoms with Crippen LogP contribution in [0.3, 0.4) is 0 Å². The third-order valence-electron chi connectivity index (χ3n) is 3.77. The molecule has 0 aromatic rings. The molecule has 2 rings (SSSR count). The Bertz CT molecular complexity index is 323. The molecular formula is C15H26N2O2. The van der Waals surface area contributed by atoms with E-state index in [-0.39, 0.29) is 11.6 Å². The first kappa shape index (κ1) is 14.8. The summed E-state index contributed by atoms with van der Waals surface area (Å²) >= 11 is 0. The first-order valence-electron chi connectivity index (χ1n) is 7.52. The lowest BCUT2D eigenvalue weighted by Crippen LogP contribution is -2.43. The molecule has 2 atom stereocenters. The molecule has 0 aromatic carbocycles. The summed E-state index contributed by atoms with van der Waals surface area (Å²) in [5, 5.41) is 12.9. The van der Waals surface area contributed by atoms with Gasteiger partial charge >= 0.3 is 0 Å². The molecule has 2 saturated carbocycles. The van der Waals surface area contributed by atoms with Crippen molar-refractivity contribution in [2.45, 2.75) is 63.6 Å². The number of rotatable bonds is 8. The van der Waals surface area contributed by atoms with Gasteiger partial charge < -0.3 is 9.47 Å². The van der Waals surface area contributed by atoms with E-state index in [1.807, 2.05) is 0 Å². The van der Waals surface area contributed by atoms with Crippen molar-refractivity contribution < 1.29 is 9.47 Å². The second-order valence-corrected chi connectivity index (χ2v) is 6.32. The minimum atomic E-state index is -0.329. The molecule has 19 heavy (non-hydrogen) atoms. The zero-order valence-corrected chi connectivity index (χ0v) is 12.2. The molecular weight excluding hydrogens is 240 g/mol. The normalized spacial score (nSPS) is 30.7. The third kappa shape index (κ3) is 4.76. The fourth-order valence-corrected chi connectivity index (χ4v) is 2.62. The van der Waals surface area contributed by atoms with Crippen molar-refractivity contribution in [1.82, 2.24) is 5.32 Å². The molecule has 0 saturated heterocycles. The van der Waals surface area contributed by atoms with E-state index in [1.54, 1.807) is 0 Å². The highest BCUT2D eigenvalue weighted by Gasteiger charge is 2.43. The molecule has 4 heteroatoms. The predicted molar refractivity (Wildman–Crippen MR) is 73.7 cm³/mol. The zero-order valence-electron chi connectivity index (χ0n) is 12.2. The Morgan fingerprint density at radius 2 is 2.11 bits per heavy atom. The van der Waals surface area contributed by atoms with Gasteiger partial charge in [-0.2, -0.15) is 5.26 Å². The van der Waals surface area contributed by atoms with Crippen LogP contribution in [-0.4, -0.2) is 37.5 Å². The van der Waals surface area contributed by atoms with E-state index in [0.717, 1.165) is 25.9 Å². The Morgan fingerprint density at radius 3 is 2.74 bits per heavy atom. The van der Waals surface area contributed by atoms with E-state index in [9.17, 15) is 5.26 Å². The number of nitrogens with one attached hydrogen (secondary N) is 1. The average molecular weight is 266 g/mol. The molecule has 0 radical (unpaired) electrons. The molecule has 2 aliphatic carbocycles. The summed E-state index contributed by atoms with van der Waals surface area (Å²) in [4.78, 5) is 0. The van der Waals surface area contributed by atoms with Gasteiger partial charge in [0, 0.05) is 19.1 Å². The number of ether oxygens (including phenoxy) is 2. The van der Waals surface area contributed by atoms with Gasteiger partial charge in [0.25, 0.3) is 0 Å². The van der Waals surface area contributed by atoms with E-state index in [1.165, 1.54) is 12.8 Å². The molecule has 0 aromatic heterocycles. The van der Waals surface area contributed by atoms with E-state index in [4.69, 9.17) is 9.47 Å². The molecule has 0 heterocycles. The molecule has 2 unspecified atom stereocenters. The van der Waals surface area contributed by atoms with Gasteiger partial charge in [0.15, 0.2) is 0 Å². The zero-order chi connectivity index (χ0) is 13.7. The molecule has 4 nitrogen and oxygen atoms in total. The Hall–Kier alpha value is -0.630. The lowest BCUT2D eigenvalue weighted by molar-refractivity contribution is 0.000410. The van der Waals surface area contributed by atoms with Crippen molar-refractivity contribution in [2.75, 3.05) is 19.8 Å². The topological polar surface area (TPSA) is 54.3 Å². The maximum atomic E-state index is 9.39. The van der Waals surface area contributed by atoms with Gasteiger partial charge in [-0.1, -0.05) is 13.8 Å². The summed E-state index contributed by atoms with van der Waals surface area (Å²) in [5.41, 5.74) is -0.329. The molecule has 0 bridgehead atoms. The monoisotopic (exact) mass is 266 g/mol. The minimum absolute atomic E-state index is 0.216. The second kappa shape index (κ2) is 6.69. The van der Waals surface area contributed by atoms with Crippen LogP contribution in [-0.2, 0) is 9.47 Å². The van der Waals surface area contributed by atoms with Gasteiger partial charge in [0.05, 0.1) is 25.4 Å². The number of nitriles is 1. The van der Waals surface area contributed by atoms with Gasteiger partial charge in [0.1, 0.15) is 5.54 Å². The summed E-state index contributed by atoms with van der Waals surface area (Å²) in [6, 6.07) is 3.05. The molecule has 0 aliphatic heterocycles. The molecule has 0 spiro atoms. The number of hydrogen-bond donors (Lipinski definition) is 1. The van der Waals surface area contributed by atoms with Gasteiger partial charge in [0.2, 0.25) is 0 Å². The first-order valence-corrected chi connectivity index (χ1v) is 7.52. The quantitative estimate of drug-likeness (QED) is 0.685.